The van der Waals surface area contributed by atoms with Gasteiger partial charge in [0.2, 0.25) is 5.91 Å². The smallest absolute Gasteiger partial charge is 0.320 e. The molecule has 2 N–H and O–H groups in total. The molecule has 24 heavy (non-hydrogen) atoms. The Morgan fingerprint density at radius 1 is 1.04 bits per heavy atom. The Balaban J connectivity index is 0.00000139. The second-order valence-corrected chi connectivity index (χ2v) is 7.17. The third-order valence-electron chi connectivity index (χ3n) is 4.42. The average Bonchev–Trinajstić information content (AvgIpc) is 2.61. The lowest BCUT2D eigenvalue weighted by Crippen LogP contribution is -2.63. The monoisotopic (exact) mass is 359 g/mol. The molecule has 2 atom stereocenters. The molecule has 8 heteroatoms. The third-order valence-corrected chi connectivity index (χ3v) is 4.67. The van der Waals surface area contributed by atoms with Crippen LogP contribution in [0.5, 0.6) is 0 Å². The van der Waals surface area contributed by atoms with E-state index in [2.05, 4.69) is 45.5 Å². The van der Waals surface area contributed by atoms with Crippen LogP contribution in [0, 0.1) is 0 Å². The van der Waals surface area contributed by atoms with Crippen LogP contribution in [0.1, 0.15) is 34.6 Å². The van der Waals surface area contributed by atoms with Gasteiger partial charge in [0.25, 0.3) is 0 Å². The molecular formula is C16H34N5O2P. The molecule has 140 valence electrons. The van der Waals surface area contributed by atoms with Gasteiger partial charge in [-0.1, -0.05) is 13.8 Å². The zero-order chi connectivity index (χ0) is 18.3. The number of piperazine rings is 2. The lowest BCUT2D eigenvalue weighted by atomic mass is 10.0. The van der Waals surface area contributed by atoms with Crippen molar-refractivity contribution in [1.29, 1.82) is 0 Å². The maximum Gasteiger partial charge on any atom is 0.320 e. The number of urea groups is 1. The molecule has 2 saturated heterocycles. The van der Waals surface area contributed by atoms with Gasteiger partial charge in [-0.2, -0.15) is 0 Å². The Labute approximate surface area is 148 Å². The quantitative estimate of drug-likeness (QED) is 0.678. The Kier molecular flexibility index (Phi) is 8.40. The molecule has 0 aromatic heterocycles. The van der Waals surface area contributed by atoms with Crippen LogP contribution in [0.4, 0.5) is 4.79 Å². The molecule has 2 heterocycles. The Hall–Kier alpha value is -0.910. The highest BCUT2D eigenvalue weighted by molar-refractivity contribution is 7.15. The van der Waals surface area contributed by atoms with Crippen molar-refractivity contribution in [3.63, 3.8) is 0 Å². The highest BCUT2D eigenvalue weighted by Crippen LogP contribution is 2.16. The van der Waals surface area contributed by atoms with Crippen molar-refractivity contribution in [2.75, 3.05) is 45.8 Å². The van der Waals surface area contributed by atoms with Crippen molar-refractivity contribution in [3.05, 3.63) is 0 Å². The van der Waals surface area contributed by atoms with E-state index in [0.717, 1.165) is 19.6 Å². The minimum absolute atomic E-state index is 0.0796. The zero-order valence-corrected chi connectivity index (χ0v) is 16.9. The molecular weight excluding hydrogens is 325 g/mol. The molecule has 0 radical (unpaired) electrons. The van der Waals surface area contributed by atoms with Gasteiger partial charge in [-0.15, -0.1) is 0 Å². The third kappa shape index (κ3) is 5.57. The number of hydrogen-bond acceptors (Lipinski definition) is 4. The van der Waals surface area contributed by atoms with E-state index in [-0.39, 0.29) is 23.5 Å². The summed E-state index contributed by atoms with van der Waals surface area (Å²) in [4.78, 5) is 30.2. The topological polar surface area (TPSA) is 67.9 Å². The summed E-state index contributed by atoms with van der Waals surface area (Å²) in [6.07, 6.45) is 0. The van der Waals surface area contributed by atoms with Crippen LogP contribution < -0.4 is 10.4 Å². The minimum Gasteiger partial charge on any atom is -0.338 e. The van der Waals surface area contributed by atoms with Gasteiger partial charge in [0, 0.05) is 51.4 Å². The van der Waals surface area contributed by atoms with Gasteiger partial charge in [0.05, 0.1) is 6.04 Å². The van der Waals surface area contributed by atoms with E-state index < -0.39 is 0 Å². The molecule has 2 unspecified atom stereocenters. The first-order valence-corrected chi connectivity index (χ1v) is 9.43. The van der Waals surface area contributed by atoms with Gasteiger partial charge < -0.3 is 20.2 Å². The molecule has 0 saturated carbocycles. The largest absolute Gasteiger partial charge is 0.338 e. The molecule has 3 amide bonds. The summed E-state index contributed by atoms with van der Waals surface area (Å²) in [7, 11) is 2.22. The van der Waals surface area contributed by atoms with Crippen LogP contribution >= 0.6 is 9.39 Å². The maximum atomic E-state index is 12.7. The Bertz CT molecular complexity index is 419. The number of hydrogen-bond donors (Lipinski definition) is 2. The van der Waals surface area contributed by atoms with Crippen LogP contribution in [-0.4, -0.2) is 84.0 Å². The molecule has 0 aliphatic carbocycles. The number of carbonyl (C=O) groups excluding carboxylic acids is 2. The fourth-order valence-electron chi connectivity index (χ4n) is 2.97. The van der Waals surface area contributed by atoms with Crippen molar-refractivity contribution < 1.29 is 9.59 Å². The summed E-state index contributed by atoms with van der Waals surface area (Å²) >= 11 is 0. The maximum absolute atomic E-state index is 12.7. The fraction of sp³-hybridized carbons (Fsp3) is 0.875. The van der Waals surface area contributed by atoms with Crippen molar-refractivity contribution in [1.82, 2.24) is 25.1 Å². The summed E-state index contributed by atoms with van der Waals surface area (Å²) in [6, 6.07) is -0.248. The van der Waals surface area contributed by atoms with Crippen molar-refractivity contribution >= 4 is 21.3 Å². The fourth-order valence-corrected chi connectivity index (χ4v) is 3.15. The summed E-state index contributed by atoms with van der Waals surface area (Å²) in [5.41, 5.74) is 0.0796. The van der Waals surface area contributed by atoms with Crippen LogP contribution in [0.15, 0.2) is 0 Å². The minimum atomic E-state index is -0.143. The molecule has 0 aromatic rings. The summed E-state index contributed by atoms with van der Waals surface area (Å²) in [6.45, 7) is 15.5. The van der Waals surface area contributed by atoms with E-state index in [1.54, 1.807) is 4.90 Å². The van der Waals surface area contributed by atoms with Crippen molar-refractivity contribution in [2.45, 2.75) is 46.2 Å². The lowest BCUT2D eigenvalue weighted by Gasteiger charge is -2.43. The molecule has 2 aliphatic heterocycles. The Morgan fingerprint density at radius 2 is 1.58 bits per heavy atom. The number of nitrogens with zero attached hydrogens (tertiary/aromatic N) is 3. The molecule has 2 rings (SSSR count). The molecule has 7 nitrogen and oxygen atoms in total. The van der Waals surface area contributed by atoms with E-state index in [1.807, 2.05) is 18.7 Å². The normalized spacial score (nSPS) is 22.5. The number of amides is 3. The molecule has 0 aromatic carbocycles. The molecule has 0 bridgehead atoms. The average molecular weight is 359 g/mol. The number of nitrogens with one attached hydrogen (secondary N) is 2. The molecule has 0 spiro atoms. The van der Waals surface area contributed by atoms with Gasteiger partial charge in [0.1, 0.15) is 0 Å². The van der Waals surface area contributed by atoms with Crippen LogP contribution in [0.3, 0.4) is 0 Å². The van der Waals surface area contributed by atoms with Gasteiger partial charge in [0.15, 0.2) is 0 Å². The van der Waals surface area contributed by atoms with Crippen LogP contribution in [0.25, 0.3) is 0 Å². The highest BCUT2D eigenvalue weighted by Gasteiger charge is 2.34. The SMILES string of the molecule is CC.CC(C)(C)N1CCNC(C(=O)N2CCN(C(=O)NP)CC2)C1. The van der Waals surface area contributed by atoms with E-state index >= 15 is 0 Å². The van der Waals surface area contributed by atoms with E-state index in [0.29, 0.717) is 26.2 Å². The van der Waals surface area contributed by atoms with Crippen LogP contribution in [0.2, 0.25) is 0 Å². The first-order chi connectivity index (χ1) is 11.3. The standard InChI is InChI=1S/C14H28N5O2P.C2H6/c1-14(2,3)19-5-4-15-11(10-19)12(20)17-6-8-18(9-7-17)13(21)16-22;1-2/h11,15H,4-10,22H2,1-3H3,(H,16,21);1-2H3. The second kappa shape index (κ2) is 9.54. The summed E-state index contributed by atoms with van der Waals surface area (Å²) in [5, 5.41) is 5.88. The lowest BCUT2D eigenvalue weighted by molar-refractivity contribution is -0.136. The van der Waals surface area contributed by atoms with E-state index in [4.69, 9.17) is 0 Å². The predicted molar refractivity (Wildman–Crippen MR) is 101 cm³/mol. The zero-order valence-electron chi connectivity index (χ0n) is 15.8. The second-order valence-electron chi connectivity index (χ2n) is 6.89. The number of carbonyl (C=O) groups is 2. The molecule has 2 fully saturated rings. The first kappa shape index (κ1) is 21.1. The van der Waals surface area contributed by atoms with Gasteiger partial charge in [-0.05, 0) is 30.2 Å². The van der Waals surface area contributed by atoms with Gasteiger partial charge in [-0.3, -0.25) is 9.69 Å². The summed E-state index contributed by atoms with van der Waals surface area (Å²) < 4.78 is 0. The highest BCUT2D eigenvalue weighted by atomic mass is 31.0. The van der Waals surface area contributed by atoms with E-state index in [1.165, 1.54) is 0 Å². The predicted octanol–water partition coefficient (Wildman–Crippen LogP) is 0.729. The van der Waals surface area contributed by atoms with Gasteiger partial charge in [-0.25, -0.2) is 4.79 Å². The number of rotatable bonds is 1. The first-order valence-electron chi connectivity index (χ1n) is 8.85. The Morgan fingerprint density at radius 3 is 2.08 bits per heavy atom. The van der Waals surface area contributed by atoms with Crippen LogP contribution in [-0.2, 0) is 4.79 Å². The van der Waals surface area contributed by atoms with Crippen molar-refractivity contribution in [2.24, 2.45) is 0 Å². The van der Waals surface area contributed by atoms with E-state index in [9.17, 15) is 9.59 Å². The van der Waals surface area contributed by atoms with Crippen molar-refractivity contribution in [3.8, 4) is 0 Å². The molecule has 2 aliphatic rings. The van der Waals surface area contributed by atoms with Gasteiger partial charge >= 0.3 is 6.03 Å². The summed E-state index contributed by atoms with van der Waals surface area (Å²) in [5.74, 6) is 0.153.